The highest BCUT2D eigenvalue weighted by molar-refractivity contribution is 5.20. The van der Waals surface area contributed by atoms with Gasteiger partial charge in [-0.05, 0) is 12.0 Å². The lowest BCUT2D eigenvalue weighted by molar-refractivity contribution is 0.135. The minimum atomic E-state index is -0.624. The molecule has 0 aliphatic carbocycles. The van der Waals surface area contributed by atoms with Gasteiger partial charge in [0.15, 0.2) is 5.82 Å². The fraction of sp³-hybridized carbons (Fsp3) is 0.467. The standard InChI is InChI=1S/C15H20N2O2/c1-3-4-10-13-16-15(19-17-13)11(2)14(18)12-8-6-5-7-9-12/h5-9,11,14,18H,3-4,10H2,1-2H3. The fourth-order valence-electron chi connectivity index (χ4n) is 1.96. The Kier molecular flexibility index (Phi) is 4.68. The van der Waals surface area contributed by atoms with E-state index in [9.17, 15) is 5.11 Å². The van der Waals surface area contributed by atoms with E-state index in [4.69, 9.17) is 4.52 Å². The Morgan fingerprint density at radius 1 is 1.26 bits per heavy atom. The summed E-state index contributed by atoms with van der Waals surface area (Å²) in [6.45, 7) is 4.03. The second-order valence-corrected chi connectivity index (χ2v) is 4.80. The maximum Gasteiger partial charge on any atom is 0.232 e. The van der Waals surface area contributed by atoms with E-state index in [1.165, 1.54) is 0 Å². The van der Waals surface area contributed by atoms with E-state index in [2.05, 4.69) is 17.1 Å². The van der Waals surface area contributed by atoms with Crippen molar-refractivity contribution in [2.75, 3.05) is 0 Å². The molecule has 2 unspecified atom stereocenters. The number of hydrogen-bond donors (Lipinski definition) is 1. The third-order valence-electron chi connectivity index (χ3n) is 3.24. The van der Waals surface area contributed by atoms with Gasteiger partial charge < -0.3 is 9.63 Å². The normalized spacial score (nSPS) is 14.3. The van der Waals surface area contributed by atoms with Crippen LogP contribution >= 0.6 is 0 Å². The van der Waals surface area contributed by atoms with Crippen molar-refractivity contribution in [3.63, 3.8) is 0 Å². The molecule has 4 nitrogen and oxygen atoms in total. The topological polar surface area (TPSA) is 59.2 Å². The lowest BCUT2D eigenvalue weighted by Gasteiger charge is -2.15. The molecule has 4 heteroatoms. The molecule has 0 amide bonds. The van der Waals surface area contributed by atoms with E-state index in [-0.39, 0.29) is 5.92 Å². The molecule has 0 aliphatic rings. The number of aromatic nitrogens is 2. The predicted molar refractivity (Wildman–Crippen MR) is 72.7 cm³/mol. The average molecular weight is 260 g/mol. The molecule has 0 saturated carbocycles. The Balaban J connectivity index is 2.06. The second kappa shape index (κ2) is 6.48. The van der Waals surface area contributed by atoms with E-state index in [0.29, 0.717) is 5.89 Å². The molecule has 1 aromatic carbocycles. The van der Waals surface area contributed by atoms with Crippen LogP contribution in [0.3, 0.4) is 0 Å². The van der Waals surface area contributed by atoms with E-state index in [1.807, 2.05) is 37.3 Å². The summed E-state index contributed by atoms with van der Waals surface area (Å²) in [5.41, 5.74) is 0.864. The highest BCUT2D eigenvalue weighted by atomic mass is 16.5. The second-order valence-electron chi connectivity index (χ2n) is 4.80. The van der Waals surface area contributed by atoms with Crippen LogP contribution in [-0.4, -0.2) is 15.2 Å². The van der Waals surface area contributed by atoms with Crippen LogP contribution < -0.4 is 0 Å². The third-order valence-corrected chi connectivity index (χ3v) is 3.24. The van der Waals surface area contributed by atoms with Crippen LogP contribution in [0.5, 0.6) is 0 Å². The van der Waals surface area contributed by atoms with Crippen LogP contribution in [0.25, 0.3) is 0 Å². The van der Waals surface area contributed by atoms with Gasteiger partial charge in [-0.15, -0.1) is 0 Å². The number of rotatable bonds is 6. The van der Waals surface area contributed by atoms with Crippen molar-refractivity contribution in [3.05, 3.63) is 47.6 Å². The summed E-state index contributed by atoms with van der Waals surface area (Å²) in [6.07, 6.45) is 2.36. The van der Waals surface area contributed by atoms with Gasteiger partial charge in [0.2, 0.25) is 5.89 Å². The third kappa shape index (κ3) is 3.41. The SMILES string of the molecule is CCCCc1noc(C(C)C(O)c2ccccc2)n1. The maximum atomic E-state index is 10.3. The Bertz CT molecular complexity index is 496. The summed E-state index contributed by atoms with van der Waals surface area (Å²) in [5.74, 6) is 1.02. The van der Waals surface area contributed by atoms with Gasteiger partial charge in [-0.25, -0.2) is 0 Å². The zero-order valence-electron chi connectivity index (χ0n) is 11.4. The summed E-state index contributed by atoms with van der Waals surface area (Å²) < 4.78 is 5.24. The number of hydrogen-bond acceptors (Lipinski definition) is 4. The van der Waals surface area contributed by atoms with Gasteiger partial charge in [0.05, 0.1) is 12.0 Å². The van der Waals surface area contributed by atoms with Gasteiger partial charge in [-0.2, -0.15) is 4.98 Å². The number of aliphatic hydroxyl groups excluding tert-OH is 1. The molecule has 2 atom stereocenters. The monoisotopic (exact) mass is 260 g/mol. The summed E-state index contributed by atoms with van der Waals surface area (Å²) in [6, 6.07) is 9.54. The lowest BCUT2D eigenvalue weighted by atomic mass is 9.97. The largest absolute Gasteiger partial charge is 0.388 e. The number of aryl methyl sites for hydroxylation is 1. The average Bonchev–Trinajstić information content (AvgIpc) is 2.93. The number of unbranched alkanes of at least 4 members (excludes halogenated alkanes) is 1. The van der Waals surface area contributed by atoms with Crippen molar-refractivity contribution in [1.82, 2.24) is 10.1 Å². The van der Waals surface area contributed by atoms with Gasteiger partial charge >= 0.3 is 0 Å². The smallest absolute Gasteiger partial charge is 0.232 e. The molecule has 0 spiro atoms. The zero-order valence-corrected chi connectivity index (χ0v) is 11.4. The quantitative estimate of drug-likeness (QED) is 0.866. The number of aliphatic hydroxyl groups is 1. The summed E-state index contributed by atoms with van der Waals surface area (Å²) in [7, 11) is 0. The van der Waals surface area contributed by atoms with Crippen molar-refractivity contribution in [3.8, 4) is 0 Å². The van der Waals surface area contributed by atoms with Crippen molar-refractivity contribution in [2.24, 2.45) is 0 Å². The molecule has 1 N–H and O–H groups in total. The zero-order chi connectivity index (χ0) is 13.7. The summed E-state index contributed by atoms with van der Waals surface area (Å²) >= 11 is 0. The molecular formula is C15H20N2O2. The maximum absolute atomic E-state index is 10.3. The highest BCUT2D eigenvalue weighted by Gasteiger charge is 2.23. The molecule has 0 saturated heterocycles. The van der Waals surface area contributed by atoms with Gasteiger partial charge in [-0.3, -0.25) is 0 Å². The predicted octanol–water partition coefficient (Wildman–Crippen LogP) is 3.25. The Morgan fingerprint density at radius 2 is 2.00 bits per heavy atom. The van der Waals surface area contributed by atoms with Gasteiger partial charge in [-0.1, -0.05) is 55.8 Å². The minimum Gasteiger partial charge on any atom is -0.388 e. The van der Waals surface area contributed by atoms with Crippen molar-refractivity contribution in [1.29, 1.82) is 0 Å². The molecule has 2 aromatic rings. The first-order valence-electron chi connectivity index (χ1n) is 6.78. The molecule has 0 bridgehead atoms. The summed E-state index contributed by atoms with van der Waals surface area (Å²) in [5, 5.41) is 14.3. The van der Waals surface area contributed by atoms with Crippen LogP contribution in [-0.2, 0) is 6.42 Å². The molecular weight excluding hydrogens is 240 g/mol. The van der Waals surface area contributed by atoms with Crippen LogP contribution in [0, 0.1) is 0 Å². The Hall–Kier alpha value is -1.68. The molecule has 1 aromatic heterocycles. The minimum absolute atomic E-state index is 0.203. The lowest BCUT2D eigenvalue weighted by Crippen LogP contribution is -2.08. The van der Waals surface area contributed by atoms with Crippen LogP contribution in [0.1, 0.15) is 56.0 Å². The first-order chi connectivity index (χ1) is 9.22. The van der Waals surface area contributed by atoms with E-state index in [0.717, 1.165) is 30.7 Å². The molecule has 102 valence electrons. The van der Waals surface area contributed by atoms with Crippen molar-refractivity contribution < 1.29 is 9.63 Å². The van der Waals surface area contributed by atoms with Crippen molar-refractivity contribution in [2.45, 2.75) is 45.1 Å². The summed E-state index contributed by atoms with van der Waals surface area (Å²) in [4.78, 5) is 4.36. The molecule has 0 fully saturated rings. The molecule has 2 rings (SSSR count). The van der Waals surface area contributed by atoms with Crippen LogP contribution in [0.15, 0.2) is 34.9 Å². The number of nitrogens with zero attached hydrogens (tertiary/aromatic N) is 2. The van der Waals surface area contributed by atoms with Crippen molar-refractivity contribution >= 4 is 0 Å². The van der Waals surface area contributed by atoms with E-state index >= 15 is 0 Å². The molecule has 19 heavy (non-hydrogen) atoms. The van der Waals surface area contributed by atoms with Gasteiger partial charge in [0.25, 0.3) is 0 Å². The highest BCUT2D eigenvalue weighted by Crippen LogP contribution is 2.29. The molecule has 0 radical (unpaired) electrons. The Morgan fingerprint density at radius 3 is 2.68 bits per heavy atom. The van der Waals surface area contributed by atoms with Crippen LogP contribution in [0.2, 0.25) is 0 Å². The van der Waals surface area contributed by atoms with E-state index in [1.54, 1.807) is 0 Å². The van der Waals surface area contributed by atoms with E-state index < -0.39 is 6.10 Å². The van der Waals surface area contributed by atoms with Gasteiger partial charge in [0.1, 0.15) is 0 Å². The Labute approximate surface area is 113 Å². The first kappa shape index (κ1) is 13.7. The molecule has 0 aliphatic heterocycles. The van der Waals surface area contributed by atoms with Crippen LogP contribution in [0.4, 0.5) is 0 Å². The van der Waals surface area contributed by atoms with Gasteiger partial charge in [0, 0.05) is 6.42 Å². The first-order valence-corrected chi connectivity index (χ1v) is 6.78. The number of benzene rings is 1. The fourth-order valence-corrected chi connectivity index (χ4v) is 1.96. The molecule has 1 heterocycles.